The summed E-state index contributed by atoms with van der Waals surface area (Å²) in [5.41, 5.74) is 1.07. The van der Waals surface area contributed by atoms with Crippen molar-refractivity contribution in [2.75, 3.05) is 10.6 Å². The van der Waals surface area contributed by atoms with Crippen molar-refractivity contribution in [1.82, 2.24) is 20.6 Å². The van der Waals surface area contributed by atoms with Gasteiger partial charge in [-0.2, -0.15) is 0 Å². The van der Waals surface area contributed by atoms with Gasteiger partial charge in [-0.25, -0.2) is 14.3 Å². The zero-order chi connectivity index (χ0) is 19.6. The second-order valence-corrected chi connectivity index (χ2v) is 8.41. The number of nitrogens with one attached hydrogen (secondary N) is 3. The van der Waals surface area contributed by atoms with Gasteiger partial charge in [-0.15, -0.1) is 5.10 Å². The van der Waals surface area contributed by atoms with Gasteiger partial charge >= 0.3 is 6.03 Å². The first-order valence-electron chi connectivity index (χ1n) is 7.22. The highest BCUT2D eigenvalue weighted by Gasteiger charge is 2.27. The average molecular weight is 495 g/mol. The third-order valence-electron chi connectivity index (χ3n) is 3.36. The number of rotatable bonds is 3. The van der Waals surface area contributed by atoms with Crippen molar-refractivity contribution in [1.29, 1.82) is 0 Å². The molecule has 7 nitrogen and oxygen atoms in total. The molecule has 3 rings (SSSR count). The summed E-state index contributed by atoms with van der Waals surface area (Å²) in [6, 6.07) is 8.23. The van der Waals surface area contributed by atoms with Crippen molar-refractivity contribution < 1.29 is 9.18 Å². The predicted molar refractivity (Wildman–Crippen MR) is 106 cm³/mol. The summed E-state index contributed by atoms with van der Waals surface area (Å²) in [6.07, 6.45) is 0. The average Bonchev–Trinajstić information content (AvgIpc) is 3.11. The lowest BCUT2D eigenvalue weighted by Crippen LogP contribution is -2.20. The standard InChI is InChI=1S/C15H9BrCl3FN6O/c16-7-1-4-12(9(5-7)13-23-25-26-24-13)22-14(27)21-8-2-3-11(20)10(6-8)15(17,18)19/h1-6H,(H2,21,22,27)(H,23,24,25,26). The summed E-state index contributed by atoms with van der Waals surface area (Å²) in [5, 5.41) is 18.7. The second-order valence-electron chi connectivity index (χ2n) is 5.21. The van der Waals surface area contributed by atoms with E-state index >= 15 is 0 Å². The Kier molecular flexibility index (Phi) is 5.85. The Morgan fingerprint density at radius 2 is 1.93 bits per heavy atom. The number of tetrazole rings is 1. The van der Waals surface area contributed by atoms with Crippen LogP contribution in [0.4, 0.5) is 20.6 Å². The second kappa shape index (κ2) is 7.97. The Labute approximate surface area is 175 Å². The van der Waals surface area contributed by atoms with E-state index in [2.05, 4.69) is 47.2 Å². The Bertz CT molecular complexity index is 980. The fourth-order valence-electron chi connectivity index (χ4n) is 2.20. The summed E-state index contributed by atoms with van der Waals surface area (Å²) in [5.74, 6) is -0.333. The molecule has 0 saturated carbocycles. The number of hydrogen-bond donors (Lipinski definition) is 3. The van der Waals surface area contributed by atoms with Crippen LogP contribution in [-0.2, 0) is 3.79 Å². The summed E-state index contributed by atoms with van der Waals surface area (Å²) >= 11 is 20.5. The maximum absolute atomic E-state index is 13.8. The molecular formula is C15H9BrCl3FN6O. The minimum absolute atomic E-state index is 0.178. The SMILES string of the molecule is O=C(Nc1ccc(F)c(C(Cl)(Cl)Cl)c1)Nc1ccc(Br)cc1-c1nnn[nH]1. The summed E-state index contributed by atoms with van der Waals surface area (Å²) in [6.45, 7) is 0. The molecule has 0 saturated heterocycles. The lowest BCUT2D eigenvalue weighted by Gasteiger charge is -2.15. The van der Waals surface area contributed by atoms with Crippen LogP contribution >= 0.6 is 50.7 Å². The monoisotopic (exact) mass is 492 g/mol. The maximum atomic E-state index is 13.8. The van der Waals surface area contributed by atoms with E-state index in [1.54, 1.807) is 18.2 Å². The normalized spacial score (nSPS) is 11.3. The number of benzene rings is 2. The van der Waals surface area contributed by atoms with Gasteiger partial charge in [-0.1, -0.05) is 50.7 Å². The molecule has 2 amide bonds. The van der Waals surface area contributed by atoms with Gasteiger partial charge in [0.2, 0.25) is 3.79 Å². The zero-order valence-corrected chi connectivity index (χ0v) is 17.0. The van der Waals surface area contributed by atoms with Crippen molar-refractivity contribution >= 4 is 68.1 Å². The fraction of sp³-hybridized carbons (Fsp3) is 0.0667. The quantitative estimate of drug-likeness (QED) is 0.434. The smallest absolute Gasteiger partial charge is 0.308 e. The highest BCUT2D eigenvalue weighted by Crippen LogP contribution is 2.40. The van der Waals surface area contributed by atoms with Crippen LogP contribution in [0.2, 0.25) is 0 Å². The van der Waals surface area contributed by atoms with Gasteiger partial charge < -0.3 is 10.6 Å². The van der Waals surface area contributed by atoms with E-state index in [0.29, 0.717) is 17.1 Å². The molecule has 1 heterocycles. The molecule has 1 aromatic heterocycles. The largest absolute Gasteiger partial charge is 0.323 e. The highest BCUT2D eigenvalue weighted by molar-refractivity contribution is 9.10. The molecule has 12 heteroatoms. The molecule has 0 fully saturated rings. The van der Waals surface area contributed by atoms with E-state index in [4.69, 9.17) is 34.8 Å². The van der Waals surface area contributed by atoms with E-state index < -0.39 is 15.6 Å². The number of amides is 2. The van der Waals surface area contributed by atoms with Gasteiger partial charge in [0.25, 0.3) is 0 Å². The van der Waals surface area contributed by atoms with Crippen molar-refractivity contribution in [2.24, 2.45) is 0 Å². The van der Waals surface area contributed by atoms with Crippen LogP contribution in [-0.4, -0.2) is 26.7 Å². The molecule has 27 heavy (non-hydrogen) atoms. The zero-order valence-electron chi connectivity index (χ0n) is 13.1. The van der Waals surface area contributed by atoms with E-state index in [1.165, 1.54) is 12.1 Å². The van der Waals surface area contributed by atoms with Crippen LogP contribution in [0.1, 0.15) is 5.56 Å². The Hall–Kier alpha value is -1.94. The van der Waals surface area contributed by atoms with Gasteiger partial charge in [-0.3, -0.25) is 0 Å². The molecule has 3 N–H and O–H groups in total. The lowest BCUT2D eigenvalue weighted by atomic mass is 10.1. The van der Waals surface area contributed by atoms with Crippen LogP contribution in [0.3, 0.4) is 0 Å². The van der Waals surface area contributed by atoms with Crippen LogP contribution in [0.15, 0.2) is 40.9 Å². The van der Waals surface area contributed by atoms with Gasteiger partial charge in [0.15, 0.2) is 5.82 Å². The number of carbonyl (C=O) groups excluding carboxylic acids is 1. The molecule has 0 bridgehead atoms. The molecule has 2 aromatic carbocycles. The number of hydrogen-bond acceptors (Lipinski definition) is 4. The van der Waals surface area contributed by atoms with E-state index in [0.717, 1.165) is 10.5 Å². The first-order chi connectivity index (χ1) is 12.7. The molecular weight excluding hydrogens is 485 g/mol. The molecule has 0 unspecified atom stereocenters. The molecule has 0 spiro atoms. The maximum Gasteiger partial charge on any atom is 0.323 e. The van der Waals surface area contributed by atoms with Crippen molar-refractivity contribution in [3.05, 3.63) is 52.3 Å². The van der Waals surface area contributed by atoms with Crippen molar-refractivity contribution in [3.63, 3.8) is 0 Å². The highest BCUT2D eigenvalue weighted by atomic mass is 79.9. The first-order valence-corrected chi connectivity index (χ1v) is 9.15. The number of alkyl halides is 3. The molecule has 0 aliphatic rings. The van der Waals surface area contributed by atoms with Crippen LogP contribution < -0.4 is 10.6 Å². The number of H-pyrrole nitrogens is 1. The molecule has 0 aliphatic carbocycles. The van der Waals surface area contributed by atoms with Crippen LogP contribution in [0.5, 0.6) is 0 Å². The molecule has 0 radical (unpaired) electrons. The molecule has 0 aliphatic heterocycles. The minimum atomic E-state index is -1.96. The number of anilines is 2. The van der Waals surface area contributed by atoms with Crippen LogP contribution in [0.25, 0.3) is 11.4 Å². The number of halogens is 5. The lowest BCUT2D eigenvalue weighted by molar-refractivity contribution is 0.262. The topological polar surface area (TPSA) is 95.6 Å². The first kappa shape index (κ1) is 19.8. The molecule has 0 atom stereocenters. The number of nitrogens with zero attached hydrogens (tertiary/aromatic N) is 3. The number of urea groups is 1. The van der Waals surface area contributed by atoms with Gasteiger partial charge in [0, 0.05) is 21.3 Å². The van der Waals surface area contributed by atoms with E-state index in [-0.39, 0.29) is 11.3 Å². The number of aromatic amines is 1. The molecule has 3 aromatic rings. The number of carbonyl (C=O) groups is 1. The van der Waals surface area contributed by atoms with E-state index in [1.807, 2.05) is 0 Å². The summed E-state index contributed by atoms with van der Waals surface area (Å²) < 4.78 is 12.6. The number of aromatic nitrogens is 4. The van der Waals surface area contributed by atoms with Gasteiger partial charge in [0.1, 0.15) is 5.82 Å². The summed E-state index contributed by atoms with van der Waals surface area (Å²) in [7, 11) is 0. The Morgan fingerprint density at radius 1 is 1.15 bits per heavy atom. The Morgan fingerprint density at radius 3 is 2.59 bits per heavy atom. The predicted octanol–water partition coefficient (Wildman–Crippen LogP) is 5.24. The fourth-order valence-corrected chi connectivity index (χ4v) is 3.00. The van der Waals surface area contributed by atoms with E-state index in [9.17, 15) is 9.18 Å². The minimum Gasteiger partial charge on any atom is -0.308 e. The van der Waals surface area contributed by atoms with Gasteiger partial charge in [-0.05, 0) is 46.8 Å². The Balaban J connectivity index is 1.82. The molecule has 140 valence electrons. The van der Waals surface area contributed by atoms with Crippen LogP contribution in [0, 0.1) is 5.82 Å². The van der Waals surface area contributed by atoms with Crippen molar-refractivity contribution in [2.45, 2.75) is 3.79 Å². The van der Waals surface area contributed by atoms with Gasteiger partial charge in [0.05, 0.1) is 5.69 Å². The third kappa shape index (κ3) is 4.86. The van der Waals surface area contributed by atoms with Crippen molar-refractivity contribution in [3.8, 4) is 11.4 Å². The third-order valence-corrected chi connectivity index (χ3v) is 4.46. The summed E-state index contributed by atoms with van der Waals surface area (Å²) in [4.78, 5) is 12.3.